The van der Waals surface area contributed by atoms with E-state index in [1.165, 1.54) is 17.0 Å². The lowest BCUT2D eigenvalue weighted by molar-refractivity contribution is -0.384. The first kappa shape index (κ1) is 14.5. The third kappa shape index (κ3) is 3.14. The van der Waals surface area contributed by atoms with Gasteiger partial charge in [0.2, 0.25) is 0 Å². The van der Waals surface area contributed by atoms with Gasteiger partial charge in [-0.3, -0.25) is 14.9 Å². The van der Waals surface area contributed by atoms with Crippen molar-refractivity contribution in [3.05, 3.63) is 22.2 Å². The third-order valence-electron chi connectivity index (χ3n) is 2.79. The molecule has 0 amide bonds. The number of nitrogens with zero attached hydrogens (tertiary/aromatic N) is 2. The summed E-state index contributed by atoms with van der Waals surface area (Å²) < 4.78 is 10.6. The molecule has 0 saturated carbocycles. The van der Waals surface area contributed by atoms with E-state index < -0.39 is 17.4 Å². The summed E-state index contributed by atoms with van der Waals surface area (Å²) in [5.74, 6) is 1.73. The molecule has 2 rings (SSSR count). The number of carboxylic acids is 1. The first-order valence-corrected chi connectivity index (χ1v) is 6.01. The maximum Gasteiger partial charge on any atom is 0.323 e. The molecule has 8 heteroatoms. The molecule has 0 aliphatic carbocycles. The molecule has 0 aromatic heterocycles. The van der Waals surface area contributed by atoms with Crippen molar-refractivity contribution < 1.29 is 24.3 Å². The van der Waals surface area contributed by atoms with Crippen LogP contribution in [0.15, 0.2) is 12.1 Å². The molecule has 0 saturated heterocycles. The van der Waals surface area contributed by atoms with E-state index in [0.29, 0.717) is 19.0 Å². The Kier molecular flexibility index (Phi) is 4.13. The minimum Gasteiger partial charge on any atom is -0.486 e. The Balaban J connectivity index is 2.50. The van der Waals surface area contributed by atoms with Gasteiger partial charge in [-0.05, 0) is 0 Å². The summed E-state index contributed by atoms with van der Waals surface area (Å²) in [4.78, 5) is 22.7. The number of ether oxygens (including phenoxy) is 2. The highest BCUT2D eigenvalue weighted by Crippen LogP contribution is 2.40. The highest BCUT2D eigenvalue weighted by molar-refractivity contribution is 5.78. The molecule has 1 heterocycles. The number of nitro benzene ring substituents is 1. The fraction of sp³-hybridized carbons (Fsp3) is 0.308. The number of anilines is 1. The predicted molar refractivity (Wildman–Crippen MR) is 72.8 cm³/mol. The van der Waals surface area contributed by atoms with E-state index in [2.05, 4.69) is 5.92 Å². The van der Waals surface area contributed by atoms with E-state index in [1.54, 1.807) is 0 Å². The zero-order valence-corrected chi connectivity index (χ0v) is 10.9. The van der Waals surface area contributed by atoms with Gasteiger partial charge in [-0.15, -0.1) is 6.42 Å². The first-order valence-electron chi connectivity index (χ1n) is 6.01. The van der Waals surface area contributed by atoms with E-state index >= 15 is 0 Å². The molecule has 1 aromatic rings. The van der Waals surface area contributed by atoms with Crippen molar-refractivity contribution in [2.45, 2.75) is 0 Å². The number of aliphatic carboxylic acids is 1. The van der Waals surface area contributed by atoms with Gasteiger partial charge in [0.15, 0.2) is 11.5 Å². The van der Waals surface area contributed by atoms with Crippen LogP contribution >= 0.6 is 0 Å². The van der Waals surface area contributed by atoms with Crippen molar-refractivity contribution in [1.29, 1.82) is 0 Å². The average Bonchev–Trinajstić information content (AvgIpc) is 2.45. The number of carboxylic acid groups (broad SMARTS) is 1. The summed E-state index contributed by atoms with van der Waals surface area (Å²) in [6.45, 7) is 0.0858. The molecule has 0 unspecified atom stereocenters. The lowest BCUT2D eigenvalue weighted by Crippen LogP contribution is -2.30. The van der Waals surface area contributed by atoms with Crippen LogP contribution in [0, 0.1) is 22.5 Å². The van der Waals surface area contributed by atoms with Gasteiger partial charge >= 0.3 is 5.97 Å². The Morgan fingerprint density at radius 3 is 2.57 bits per heavy atom. The van der Waals surface area contributed by atoms with Gasteiger partial charge in [-0.25, -0.2) is 0 Å². The van der Waals surface area contributed by atoms with Gasteiger partial charge < -0.3 is 19.5 Å². The molecule has 1 aliphatic heterocycles. The Bertz CT molecular complexity index is 622. The zero-order valence-electron chi connectivity index (χ0n) is 10.9. The van der Waals surface area contributed by atoms with Crippen LogP contribution in [0.3, 0.4) is 0 Å². The number of nitro groups is 1. The number of fused-ring (bicyclic) bond motifs is 1. The van der Waals surface area contributed by atoms with Crippen LogP contribution in [0.25, 0.3) is 0 Å². The van der Waals surface area contributed by atoms with E-state index in [4.69, 9.17) is 21.0 Å². The number of hydrogen-bond donors (Lipinski definition) is 1. The lowest BCUT2D eigenvalue weighted by atomic mass is 10.2. The smallest absolute Gasteiger partial charge is 0.323 e. The summed E-state index contributed by atoms with van der Waals surface area (Å²) in [5, 5.41) is 20.1. The summed E-state index contributed by atoms with van der Waals surface area (Å²) in [7, 11) is 0. The van der Waals surface area contributed by atoms with Crippen molar-refractivity contribution >= 4 is 17.3 Å². The quantitative estimate of drug-likeness (QED) is 0.488. The number of benzene rings is 1. The highest BCUT2D eigenvalue weighted by Gasteiger charge is 2.26. The second-order valence-corrected chi connectivity index (χ2v) is 4.20. The van der Waals surface area contributed by atoms with Crippen LogP contribution in [-0.4, -0.2) is 42.3 Å². The molecule has 0 fully saturated rings. The SMILES string of the molecule is C#CCN(CC(=O)O)c1cc2c(cc1[N+](=O)[O-])OCCO2. The van der Waals surface area contributed by atoms with Crippen LogP contribution in [0.2, 0.25) is 0 Å². The van der Waals surface area contributed by atoms with Gasteiger partial charge in [0.1, 0.15) is 25.4 Å². The average molecular weight is 292 g/mol. The Morgan fingerprint density at radius 1 is 1.43 bits per heavy atom. The van der Waals surface area contributed by atoms with Crippen molar-refractivity contribution in [3.8, 4) is 23.8 Å². The normalized spacial score (nSPS) is 12.3. The minimum absolute atomic E-state index is 0.0766. The second kappa shape index (κ2) is 6.00. The largest absolute Gasteiger partial charge is 0.486 e. The molecular formula is C13H12N2O6. The summed E-state index contributed by atoms with van der Waals surface area (Å²) >= 11 is 0. The number of terminal acetylenes is 1. The molecule has 0 radical (unpaired) electrons. The first-order chi connectivity index (χ1) is 10.0. The maximum absolute atomic E-state index is 11.2. The Morgan fingerprint density at radius 2 is 2.05 bits per heavy atom. The zero-order chi connectivity index (χ0) is 15.4. The minimum atomic E-state index is -1.14. The molecule has 1 N–H and O–H groups in total. The molecule has 0 atom stereocenters. The summed E-state index contributed by atoms with van der Waals surface area (Å²) in [6, 6.07) is 2.60. The fourth-order valence-electron chi connectivity index (χ4n) is 1.97. The van der Waals surface area contributed by atoms with Crippen LogP contribution in [-0.2, 0) is 4.79 Å². The fourth-order valence-corrected chi connectivity index (χ4v) is 1.97. The molecule has 1 aromatic carbocycles. The molecule has 0 bridgehead atoms. The van der Waals surface area contributed by atoms with Crippen molar-refractivity contribution in [3.63, 3.8) is 0 Å². The van der Waals surface area contributed by atoms with Gasteiger partial charge in [0, 0.05) is 6.07 Å². The summed E-state index contributed by atoms with van der Waals surface area (Å²) in [6.07, 6.45) is 5.20. The van der Waals surface area contributed by atoms with E-state index in [0.717, 1.165) is 0 Å². The Hall–Kier alpha value is -2.95. The van der Waals surface area contributed by atoms with Crippen molar-refractivity contribution in [2.24, 2.45) is 0 Å². The number of carbonyl (C=O) groups is 1. The molecule has 21 heavy (non-hydrogen) atoms. The summed E-state index contributed by atoms with van der Waals surface area (Å²) in [5.41, 5.74) is -0.194. The second-order valence-electron chi connectivity index (χ2n) is 4.20. The van der Waals surface area contributed by atoms with Crippen molar-refractivity contribution in [1.82, 2.24) is 0 Å². The van der Waals surface area contributed by atoms with Gasteiger partial charge in [0.25, 0.3) is 5.69 Å². The van der Waals surface area contributed by atoms with Crippen LogP contribution < -0.4 is 14.4 Å². The lowest BCUT2D eigenvalue weighted by Gasteiger charge is -2.23. The van der Waals surface area contributed by atoms with Crippen molar-refractivity contribution in [2.75, 3.05) is 31.2 Å². The molecule has 8 nitrogen and oxygen atoms in total. The van der Waals surface area contributed by atoms with E-state index in [1.807, 2.05) is 0 Å². The number of hydrogen-bond acceptors (Lipinski definition) is 6. The molecule has 1 aliphatic rings. The van der Waals surface area contributed by atoms with Gasteiger partial charge in [-0.1, -0.05) is 5.92 Å². The molecule has 0 spiro atoms. The maximum atomic E-state index is 11.2. The van der Waals surface area contributed by atoms with Crippen LogP contribution in [0.4, 0.5) is 11.4 Å². The van der Waals surface area contributed by atoms with E-state index in [9.17, 15) is 14.9 Å². The third-order valence-corrected chi connectivity index (χ3v) is 2.79. The Labute approximate surface area is 120 Å². The van der Waals surface area contributed by atoms with Crippen LogP contribution in [0.1, 0.15) is 0 Å². The monoisotopic (exact) mass is 292 g/mol. The number of rotatable bonds is 5. The topological polar surface area (TPSA) is 102 Å². The van der Waals surface area contributed by atoms with Crippen LogP contribution in [0.5, 0.6) is 11.5 Å². The standard InChI is InChI=1S/C13H12N2O6/c1-2-3-14(8-13(16)17)9-6-11-12(21-5-4-20-11)7-10(9)15(18)19/h1,6-7H,3-5,8H2,(H,16,17). The van der Waals surface area contributed by atoms with Gasteiger partial charge in [0.05, 0.1) is 17.5 Å². The van der Waals surface area contributed by atoms with Gasteiger partial charge in [-0.2, -0.15) is 0 Å². The molecular weight excluding hydrogens is 280 g/mol. The van der Waals surface area contributed by atoms with E-state index in [-0.39, 0.29) is 23.7 Å². The highest BCUT2D eigenvalue weighted by atomic mass is 16.6. The molecule has 110 valence electrons. The predicted octanol–water partition coefficient (Wildman–Crippen LogP) is 0.890.